The summed E-state index contributed by atoms with van der Waals surface area (Å²) in [6, 6.07) is 6.34. The van der Waals surface area contributed by atoms with Gasteiger partial charge in [-0.15, -0.1) is 0 Å². The second-order valence-corrected chi connectivity index (χ2v) is 4.02. The van der Waals surface area contributed by atoms with E-state index >= 15 is 0 Å². The van der Waals surface area contributed by atoms with Gasteiger partial charge in [0.1, 0.15) is 5.57 Å². The van der Waals surface area contributed by atoms with Crippen molar-refractivity contribution in [1.29, 1.82) is 0 Å². The number of fused-ring (bicyclic) bond motifs is 1. The first-order valence-electron chi connectivity index (χ1n) is 5.00. The van der Waals surface area contributed by atoms with Crippen LogP contribution >= 0.6 is 0 Å². The first-order valence-corrected chi connectivity index (χ1v) is 5.00. The Labute approximate surface area is 86.0 Å². The van der Waals surface area contributed by atoms with Gasteiger partial charge in [-0.05, 0) is 24.0 Å². The molecule has 1 aromatic rings. The molecule has 2 rings (SSSR count). The molecule has 0 bridgehead atoms. The third kappa shape index (κ3) is 1.48. The van der Waals surface area contributed by atoms with Crippen LogP contribution in [0.5, 0.6) is 0 Å². The van der Waals surface area contributed by atoms with Crippen LogP contribution in [0.2, 0.25) is 0 Å². The summed E-state index contributed by atoms with van der Waals surface area (Å²) in [7, 11) is 0. The van der Waals surface area contributed by atoms with Crippen molar-refractivity contribution in [3.05, 3.63) is 54.5 Å². The zero-order chi connectivity index (χ0) is 10.1. The first kappa shape index (κ1) is 9.14. The van der Waals surface area contributed by atoms with Gasteiger partial charge in [0.05, 0.1) is 5.56 Å². The van der Waals surface area contributed by atoms with E-state index in [0.717, 1.165) is 12.0 Å². The SMILES string of the molecule is C=C([CH2+])c1cccc2c1CC(C)C=C2. The third-order valence-corrected chi connectivity index (χ3v) is 2.72. The predicted octanol–water partition coefficient (Wildman–Crippen LogP) is 3.74. The maximum absolute atomic E-state index is 3.92. The Bertz CT molecular complexity index is 396. The van der Waals surface area contributed by atoms with Gasteiger partial charge in [-0.3, -0.25) is 0 Å². The summed E-state index contributed by atoms with van der Waals surface area (Å²) in [4.78, 5) is 0. The van der Waals surface area contributed by atoms with E-state index < -0.39 is 0 Å². The minimum atomic E-state index is 0.628. The predicted molar refractivity (Wildman–Crippen MR) is 62.7 cm³/mol. The van der Waals surface area contributed by atoms with E-state index in [0.29, 0.717) is 5.92 Å². The molecule has 0 spiro atoms. The Morgan fingerprint density at radius 3 is 3.00 bits per heavy atom. The van der Waals surface area contributed by atoms with Crippen molar-refractivity contribution in [2.45, 2.75) is 13.3 Å². The lowest BCUT2D eigenvalue weighted by molar-refractivity contribution is 0.716. The number of allylic oxidation sites excluding steroid dienone is 2. The minimum absolute atomic E-state index is 0.628. The van der Waals surface area contributed by atoms with Crippen molar-refractivity contribution in [3.8, 4) is 0 Å². The van der Waals surface area contributed by atoms with E-state index in [9.17, 15) is 0 Å². The molecule has 0 saturated heterocycles. The molecule has 0 aromatic heterocycles. The van der Waals surface area contributed by atoms with Gasteiger partial charge in [0.25, 0.3) is 0 Å². The smallest absolute Gasteiger partial charge is 0.0807 e. The Kier molecular flexibility index (Phi) is 2.20. The molecule has 70 valence electrons. The van der Waals surface area contributed by atoms with Crippen molar-refractivity contribution in [3.63, 3.8) is 0 Å². The molecule has 1 aliphatic carbocycles. The molecule has 1 unspecified atom stereocenters. The molecule has 1 atom stereocenters. The summed E-state index contributed by atoms with van der Waals surface area (Å²) in [5.74, 6) is 0.628. The molecule has 1 aromatic carbocycles. The maximum Gasteiger partial charge on any atom is 0.127 e. The molecule has 0 saturated carbocycles. The first-order chi connectivity index (χ1) is 6.68. The van der Waals surface area contributed by atoms with Crippen LogP contribution in [0.25, 0.3) is 11.6 Å². The van der Waals surface area contributed by atoms with Crippen LogP contribution in [0.1, 0.15) is 23.6 Å². The lowest BCUT2D eigenvalue weighted by Crippen LogP contribution is -2.05. The maximum atomic E-state index is 3.92. The second-order valence-electron chi connectivity index (χ2n) is 4.02. The number of benzene rings is 1. The molecular formula is C14H15+. The average molecular weight is 183 g/mol. The topological polar surface area (TPSA) is 0 Å². The lowest BCUT2D eigenvalue weighted by atomic mass is 9.86. The monoisotopic (exact) mass is 183 g/mol. The largest absolute Gasteiger partial charge is 0.127 e. The molecule has 0 nitrogen and oxygen atoms in total. The van der Waals surface area contributed by atoms with Crippen molar-refractivity contribution < 1.29 is 0 Å². The summed E-state index contributed by atoms with van der Waals surface area (Å²) in [5, 5.41) is 0. The average Bonchev–Trinajstić information content (AvgIpc) is 2.16. The summed E-state index contributed by atoms with van der Waals surface area (Å²) in [6.07, 6.45) is 5.57. The molecule has 0 amide bonds. The van der Waals surface area contributed by atoms with Gasteiger partial charge in [0.15, 0.2) is 0 Å². The molecule has 1 aliphatic rings. The van der Waals surface area contributed by atoms with Gasteiger partial charge in [0.2, 0.25) is 0 Å². The van der Waals surface area contributed by atoms with Gasteiger partial charge in [0, 0.05) is 25.1 Å². The van der Waals surface area contributed by atoms with E-state index in [4.69, 9.17) is 0 Å². The molecule has 0 heterocycles. The van der Waals surface area contributed by atoms with Crippen LogP contribution in [0.3, 0.4) is 0 Å². The molecule has 0 N–H and O–H groups in total. The van der Waals surface area contributed by atoms with E-state index in [2.05, 4.69) is 50.8 Å². The Hall–Kier alpha value is -1.43. The fourth-order valence-electron chi connectivity index (χ4n) is 1.98. The highest BCUT2D eigenvalue weighted by atomic mass is 14.2. The van der Waals surface area contributed by atoms with Crippen molar-refractivity contribution in [2.24, 2.45) is 5.92 Å². The van der Waals surface area contributed by atoms with Gasteiger partial charge in [-0.25, -0.2) is 0 Å². The van der Waals surface area contributed by atoms with Crippen LogP contribution in [0.4, 0.5) is 0 Å². The number of hydrogen-bond acceptors (Lipinski definition) is 0. The zero-order valence-corrected chi connectivity index (χ0v) is 8.59. The lowest BCUT2D eigenvalue weighted by Gasteiger charge is -2.15. The summed E-state index contributed by atoms with van der Waals surface area (Å²) < 4.78 is 0. The Morgan fingerprint density at radius 1 is 1.50 bits per heavy atom. The van der Waals surface area contributed by atoms with Gasteiger partial charge in [-0.2, -0.15) is 0 Å². The van der Waals surface area contributed by atoms with Crippen LogP contribution in [-0.4, -0.2) is 0 Å². The van der Waals surface area contributed by atoms with Crippen molar-refractivity contribution >= 4 is 11.6 Å². The second kappa shape index (κ2) is 3.38. The summed E-state index contributed by atoms with van der Waals surface area (Å²) in [5.41, 5.74) is 4.87. The number of rotatable bonds is 1. The summed E-state index contributed by atoms with van der Waals surface area (Å²) >= 11 is 0. The third-order valence-electron chi connectivity index (χ3n) is 2.72. The zero-order valence-electron chi connectivity index (χ0n) is 8.59. The van der Waals surface area contributed by atoms with E-state index in [-0.39, 0.29) is 0 Å². The quantitative estimate of drug-likeness (QED) is 0.582. The minimum Gasteiger partial charge on any atom is -0.0807 e. The highest BCUT2D eigenvalue weighted by Crippen LogP contribution is 2.28. The molecular weight excluding hydrogens is 168 g/mol. The van der Waals surface area contributed by atoms with Crippen LogP contribution in [-0.2, 0) is 6.42 Å². The highest BCUT2D eigenvalue weighted by molar-refractivity contribution is 5.73. The molecule has 0 heteroatoms. The van der Waals surface area contributed by atoms with E-state index in [1.165, 1.54) is 16.7 Å². The van der Waals surface area contributed by atoms with Crippen molar-refractivity contribution in [1.82, 2.24) is 0 Å². The van der Waals surface area contributed by atoms with Crippen molar-refractivity contribution in [2.75, 3.05) is 0 Å². The van der Waals surface area contributed by atoms with Crippen LogP contribution in [0.15, 0.2) is 30.9 Å². The Morgan fingerprint density at radius 2 is 2.29 bits per heavy atom. The normalized spacial score (nSPS) is 19.1. The molecule has 0 fully saturated rings. The van der Waals surface area contributed by atoms with Gasteiger partial charge >= 0.3 is 0 Å². The van der Waals surface area contributed by atoms with Gasteiger partial charge in [-0.1, -0.05) is 25.1 Å². The van der Waals surface area contributed by atoms with Gasteiger partial charge < -0.3 is 0 Å². The van der Waals surface area contributed by atoms with Crippen LogP contribution < -0.4 is 0 Å². The number of hydrogen-bond donors (Lipinski definition) is 0. The van der Waals surface area contributed by atoms with Crippen LogP contribution in [0, 0.1) is 12.8 Å². The fourth-order valence-corrected chi connectivity index (χ4v) is 1.98. The fraction of sp³-hybridized carbons (Fsp3) is 0.214. The standard InChI is InChI=1S/C14H15/c1-10(2)13-6-4-5-12-8-7-11(3)9-14(12)13/h4-8,11H,1-2,9H2,3H3/q+1. The van der Waals surface area contributed by atoms with E-state index in [1.54, 1.807) is 0 Å². The molecule has 0 radical (unpaired) electrons. The Balaban J connectivity index is 2.56. The summed E-state index contributed by atoms with van der Waals surface area (Å²) in [6.45, 7) is 10.1. The molecule has 0 aliphatic heterocycles. The van der Waals surface area contributed by atoms with E-state index in [1.807, 2.05) is 0 Å². The highest BCUT2D eigenvalue weighted by Gasteiger charge is 2.17. The molecule has 14 heavy (non-hydrogen) atoms.